The molecule has 0 radical (unpaired) electrons. The highest BCUT2D eigenvalue weighted by molar-refractivity contribution is 7.80. The predicted molar refractivity (Wildman–Crippen MR) is 153 cm³/mol. The third kappa shape index (κ3) is 4.11. The molecule has 184 valence electrons. The zero-order valence-corrected chi connectivity index (χ0v) is 23.0. The second-order valence-electron chi connectivity index (χ2n) is 10.3. The Hall–Kier alpha value is -3.44. The minimum atomic E-state index is -0.0614. The van der Waals surface area contributed by atoms with Gasteiger partial charge in [-0.05, 0) is 119 Å². The number of aromatic nitrogens is 2. The first kappa shape index (κ1) is 24.3. The molecule has 1 aliphatic rings. The van der Waals surface area contributed by atoms with Gasteiger partial charge in [-0.2, -0.15) is 0 Å². The lowest BCUT2D eigenvalue weighted by Gasteiger charge is -2.29. The summed E-state index contributed by atoms with van der Waals surface area (Å²) in [4.78, 5) is 7.02. The fourth-order valence-electron chi connectivity index (χ4n) is 5.99. The number of nitrogens with one attached hydrogen (secondary N) is 1. The molecule has 1 saturated heterocycles. The van der Waals surface area contributed by atoms with Gasteiger partial charge in [-0.25, -0.2) is 0 Å². The maximum absolute atomic E-state index is 5.98. The smallest absolute Gasteiger partial charge is 0.174 e. The van der Waals surface area contributed by atoms with Gasteiger partial charge >= 0.3 is 0 Å². The zero-order chi connectivity index (χ0) is 25.7. The van der Waals surface area contributed by atoms with Crippen LogP contribution in [0.3, 0.4) is 0 Å². The first-order chi connectivity index (χ1) is 17.2. The average Bonchev–Trinajstić information content (AvgIpc) is 3.29. The number of pyridine rings is 1. The summed E-state index contributed by atoms with van der Waals surface area (Å²) in [5.74, 6) is 0. The zero-order valence-electron chi connectivity index (χ0n) is 22.2. The van der Waals surface area contributed by atoms with Crippen LogP contribution in [0.2, 0.25) is 0 Å². The SMILES string of the molecule is Cc1cc(C)cc(N2C(=S)N[C@H](c3ccccn3)[C@@H]2c2cc(C)n(-c3c(C)cc(C)cc3C)c2C)c1. The molecule has 1 fully saturated rings. The van der Waals surface area contributed by atoms with E-state index in [0.717, 1.165) is 16.5 Å². The summed E-state index contributed by atoms with van der Waals surface area (Å²) in [6.45, 7) is 15.3. The van der Waals surface area contributed by atoms with Crippen molar-refractivity contribution >= 4 is 23.0 Å². The lowest BCUT2D eigenvalue weighted by molar-refractivity contribution is 0.565. The van der Waals surface area contributed by atoms with Gasteiger partial charge < -0.3 is 14.8 Å². The van der Waals surface area contributed by atoms with Crippen molar-refractivity contribution in [2.75, 3.05) is 4.90 Å². The average molecular weight is 495 g/mol. The number of nitrogens with zero attached hydrogens (tertiary/aromatic N) is 3. The second-order valence-corrected chi connectivity index (χ2v) is 10.6. The van der Waals surface area contributed by atoms with E-state index >= 15 is 0 Å². The molecule has 0 unspecified atom stereocenters. The fourth-order valence-corrected chi connectivity index (χ4v) is 6.34. The largest absolute Gasteiger partial charge is 0.351 e. The van der Waals surface area contributed by atoms with E-state index in [4.69, 9.17) is 17.2 Å². The lowest BCUT2D eigenvalue weighted by atomic mass is 9.96. The Morgan fingerprint density at radius 2 is 1.44 bits per heavy atom. The highest BCUT2D eigenvalue weighted by Gasteiger charge is 2.42. The Bertz CT molecular complexity index is 1420. The minimum Gasteiger partial charge on any atom is -0.351 e. The molecule has 5 heteroatoms. The third-order valence-electron chi connectivity index (χ3n) is 7.23. The summed E-state index contributed by atoms with van der Waals surface area (Å²) in [6, 6.07) is 19.5. The quantitative estimate of drug-likeness (QED) is 0.304. The van der Waals surface area contributed by atoms with Crippen LogP contribution >= 0.6 is 12.2 Å². The number of hydrogen-bond donors (Lipinski definition) is 1. The highest BCUT2D eigenvalue weighted by Crippen LogP contribution is 2.44. The van der Waals surface area contributed by atoms with Gasteiger partial charge in [-0.1, -0.05) is 29.8 Å². The Labute approximate surface area is 220 Å². The van der Waals surface area contributed by atoms with Crippen LogP contribution in [0.25, 0.3) is 5.69 Å². The number of aryl methyl sites for hydroxylation is 6. The van der Waals surface area contributed by atoms with Gasteiger partial charge in [0.05, 0.1) is 23.5 Å². The van der Waals surface area contributed by atoms with Crippen LogP contribution in [0.4, 0.5) is 5.69 Å². The molecule has 0 amide bonds. The van der Waals surface area contributed by atoms with Gasteiger partial charge in [0.25, 0.3) is 0 Å². The van der Waals surface area contributed by atoms with E-state index in [9.17, 15) is 0 Å². The number of rotatable bonds is 4. The summed E-state index contributed by atoms with van der Waals surface area (Å²) in [7, 11) is 0. The predicted octanol–water partition coefficient (Wildman–Crippen LogP) is 7.21. The van der Waals surface area contributed by atoms with Crippen molar-refractivity contribution in [2.45, 2.75) is 60.5 Å². The van der Waals surface area contributed by atoms with Gasteiger partial charge in [0.2, 0.25) is 0 Å². The van der Waals surface area contributed by atoms with Crippen molar-refractivity contribution in [2.24, 2.45) is 0 Å². The number of benzene rings is 2. The van der Waals surface area contributed by atoms with Gasteiger partial charge in [0, 0.05) is 23.3 Å². The molecule has 5 rings (SSSR count). The Balaban J connectivity index is 1.73. The Kier molecular flexibility index (Phi) is 6.21. The summed E-state index contributed by atoms with van der Waals surface area (Å²) >= 11 is 5.98. The standard InChI is InChI=1S/C31H34N4S/c1-18-12-19(2)16-25(15-18)35-30(28(33-31(35)36)27-10-8-9-11-32-27)26-17-23(6)34(24(26)7)29-21(4)13-20(3)14-22(29)5/h8-17,28,30H,1-7H3,(H,33,36)/t28-,30+/m1/s1. The molecule has 1 aliphatic heterocycles. The molecule has 0 bridgehead atoms. The van der Waals surface area contributed by atoms with Gasteiger partial charge in [-0.15, -0.1) is 0 Å². The van der Waals surface area contributed by atoms with Gasteiger partial charge in [0.1, 0.15) is 0 Å². The van der Waals surface area contributed by atoms with Crippen LogP contribution < -0.4 is 10.2 Å². The number of hydrogen-bond acceptors (Lipinski definition) is 2. The van der Waals surface area contributed by atoms with Crippen molar-refractivity contribution < 1.29 is 0 Å². The first-order valence-corrected chi connectivity index (χ1v) is 12.9. The van der Waals surface area contributed by atoms with Crippen LogP contribution in [0, 0.1) is 48.5 Å². The third-order valence-corrected chi connectivity index (χ3v) is 7.55. The van der Waals surface area contributed by atoms with Crippen molar-refractivity contribution in [1.82, 2.24) is 14.9 Å². The number of thiocarbonyl (C=S) groups is 1. The Morgan fingerprint density at radius 3 is 2.06 bits per heavy atom. The fraction of sp³-hybridized carbons (Fsp3) is 0.290. The molecule has 0 spiro atoms. The molecule has 2 atom stereocenters. The molecule has 0 saturated carbocycles. The number of anilines is 1. The lowest BCUT2D eigenvalue weighted by Crippen LogP contribution is -2.29. The Morgan fingerprint density at radius 1 is 0.806 bits per heavy atom. The topological polar surface area (TPSA) is 33.1 Å². The summed E-state index contributed by atoms with van der Waals surface area (Å²) < 4.78 is 2.41. The van der Waals surface area contributed by atoms with Crippen molar-refractivity contribution in [3.05, 3.63) is 111 Å². The van der Waals surface area contributed by atoms with E-state index < -0.39 is 0 Å². The molecular weight excluding hydrogens is 460 g/mol. The van der Waals surface area contributed by atoms with E-state index in [0.29, 0.717) is 0 Å². The monoisotopic (exact) mass is 494 g/mol. The summed E-state index contributed by atoms with van der Waals surface area (Å²) in [6.07, 6.45) is 1.86. The van der Waals surface area contributed by atoms with E-state index in [1.54, 1.807) is 0 Å². The van der Waals surface area contributed by atoms with Crippen LogP contribution in [0.15, 0.2) is 60.8 Å². The molecule has 4 nitrogen and oxygen atoms in total. The second kappa shape index (κ2) is 9.21. The van der Waals surface area contributed by atoms with E-state index in [1.165, 1.54) is 50.5 Å². The maximum Gasteiger partial charge on any atom is 0.174 e. The van der Waals surface area contributed by atoms with Crippen LogP contribution in [0.1, 0.15) is 62.5 Å². The van der Waals surface area contributed by atoms with Crippen LogP contribution in [0.5, 0.6) is 0 Å². The van der Waals surface area contributed by atoms with E-state index in [1.807, 2.05) is 18.3 Å². The summed E-state index contributed by atoms with van der Waals surface area (Å²) in [5.41, 5.74) is 13.4. The molecule has 3 heterocycles. The minimum absolute atomic E-state index is 0.0281. The van der Waals surface area contributed by atoms with E-state index in [2.05, 4.69) is 106 Å². The molecule has 4 aromatic rings. The highest BCUT2D eigenvalue weighted by atomic mass is 32.1. The molecule has 2 aromatic carbocycles. The molecule has 1 N–H and O–H groups in total. The van der Waals surface area contributed by atoms with Gasteiger partial charge in [-0.3, -0.25) is 4.98 Å². The first-order valence-electron chi connectivity index (χ1n) is 12.5. The maximum atomic E-state index is 5.98. The molecule has 0 aliphatic carbocycles. The van der Waals surface area contributed by atoms with Crippen LogP contribution in [-0.2, 0) is 0 Å². The molecular formula is C31H34N4S. The van der Waals surface area contributed by atoms with Crippen LogP contribution in [-0.4, -0.2) is 14.7 Å². The molecule has 36 heavy (non-hydrogen) atoms. The molecule has 2 aromatic heterocycles. The van der Waals surface area contributed by atoms with Crippen molar-refractivity contribution in [3.8, 4) is 5.69 Å². The van der Waals surface area contributed by atoms with Gasteiger partial charge in [0.15, 0.2) is 5.11 Å². The van der Waals surface area contributed by atoms with Crippen molar-refractivity contribution in [1.29, 1.82) is 0 Å². The normalized spacial score (nSPS) is 17.5. The van der Waals surface area contributed by atoms with Crippen molar-refractivity contribution in [3.63, 3.8) is 0 Å². The van der Waals surface area contributed by atoms with E-state index in [-0.39, 0.29) is 12.1 Å². The summed E-state index contributed by atoms with van der Waals surface area (Å²) in [5, 5.41) is 4.35.